The molecule has 2 rings (SSSR count). The van der Waals surface area contributed by atoms with Crippen molar-refractivity contribution >= 4 is 0 Å². The van der Waals surface area contributed by atoms with E-state index in [1.807, 2.05) is 0 Å². The van der Waals surface area contributed by atoms with Gasteiger partial charge in [-0.3, -0.25) is 0 Å². The molecular weight excluding hydrogens is 288 g/mol. The lowest BCUT2D eigenvalue weighted by molar-refractivity contribution is 0.588. The Morgan fingerprint density at radius 1 is 0.667 bits per heavy atom. The molecule has 0 atom stereocenters. The molecule has 0 nitrogen and oxygen atoms in total. The van der Waals surface area contributed by atoms with Gasteiger partial charge in [0, 0.05) is 5.41 Å². The first-order valence-electron chi connectivity index (χ1n) is 9.79. The van der Waals surface area contributed by atoms with Crippen LogP contribution in [0.2, 0.25) is 0 Å². The Hall–Kier alpha value is -1.56. The van der Waals surface area contributed by atoms with Gasteiger partial charge in [0.05, 0.1) is 0 Å². The van der Waals surface area contributed by atoms with E-state index in [9.17, 15) is 0 Å². The summed E-state index contributed by atoms with van der Waals surface area (Å²) in [5.41, 5.74) is 4.37. The van der Waals surface area contributed by atoms with Crippen molar-refractivity contribution in [2.45, 2.75) is 77.6 Å². The Balaban J connectivity index is 1.89. The van der Waals surface area contributed by atoms with Gasteiger partial charge in [0.1, 0.15) is 0 Å². The van der Waals surface area contributed by atoms with Crippen molar-refractivity contribution in [3.8, 4) is 0 Å². The van der Waals surface area contributed by atoms with Crippen LogP contribution in [0.1, 0.15) is 82.4 Å². The van der Waals surface area contributed by atoms with Crippen LogP contribution in [-0.2, 0) is 11.8 Å². The van der Waals surface area contributed by atoms with E-state index < -0.39 is 0 Å². The largest absolute Gasteiger partial charge is 0.0654 e. The molecule has 0 aliphatic heterocycles. The van der Waals surface area contributed by atoms with Crippen LogP contribution in [0.25, 0.3) is 0 Å². The Bertz CT molecular complexity index is 580. The van der Waals surface area contributed by atoms with E-state index in [1.54, 1.807) is 0 Å². The third kappa shape index (κ3) is 5.51. The summed E-state index contributed by atoms with van der Waals surface area (Å²) < 4.78 is 0. The maximum atomic E-state index is 2.42. The van der Waals surface area contributed by atoms with Crippen molar-refractivity contribution < 1.29 is 0 Å². The second-order valence-electron chi connectivity index (χ2n) is 7.56. The highest BCUT2D eigenvalue weighted by Crippen LogP contribution is 2.31. The Labute approximate surface area is 149 Å². The minimum atomic E-state index is 0.0669. The van der Waals surface area contributed by atoms with Crippen molar-refractivity contribution in [1.82, 2.24) is 0 Å². The van der Waals surface area contributed by atoms with Crippen molar-refractivity contribution in [1.29, 1.82) is 0 Å². The first-order chi connectivity index (χ1) is 11.6. The molecule has 0 N–H and O–H groups in total. The molecule has 2 aromatic rings. The van der Waals surface area contributed by atoms with Crippen LogP contribution < -0.4 is 0 Å². The third-order valence-corrected chi connectivity index (χ3v) is 5.21. The Morgan fingerprint density at radius 3 is 2.00 bits per heavy atom. The number of rotatable bonds is 10. The maximum Gasteiger partial charge on any atom is 0.0146 e. The van der Waals surface area contributed by atoms with E-state index in [0.29, 0.717) is 0 Å². The van der Waals surface area contributed by atoms with E-state index in [1.165, 1.54) is 68.1 Å². The van der Waals surface area contributed by atoms with Crippen LogP contribution in [-0.4, -0.2) is 0 Å². The van der Waals surface area contributed by atoms with Crippen LogP contribution in [0.4, 0.5) is 0 Å². The molecule has 130 valence electrons. The predicted molar refractivity (Wildman–Crippen MR) is 107 cm³/mol. The van der Waals surface area contributed by atoms with E-state index >= 15 is 0 Å². The fourth-order valence-corrected chi connectivity index (χ4v) is 3.42. The van der Waals surface area contributed by atoms with Gasteiger partial charge >= 0.3 is 0 Å². The molecule has 0 amide bonds. The summed E-state index contributed by atoms with van der Waals surface area (Å²) in [6.45, 7) is 6.94. The molecule has 0 heterocycles. The van der Waals surface area contributed by atoms with Crippen molar-refractivity contribution in [2.75, 3.05) is 0 Å². The number of hydrogen-bond donors (Lipinski definition) is 0. The fraction of sp³-hybridized carbons (Fsp3) is 0.500. The lowest BCUT2D eigenvalue weighted by Crippen LogP contribution is -2.18. The second-order valence-corrected chi connectivity index (χ2v) is 7.56. The molecule has 0 spiro atoms. The maximum absolute atomic E-state index is 2.42. The molecule has 0 fully saturated rings. The summed E-state index contributed by atoms with van der Waals surface area (Å²) in [6, 6.07) is 20.1. The van der Waals surface area contributed by atoms with Crippen LogP contribution in [0.15, 0.2) is 54.6 Å². The monoisotopic (exact) mass is 322 g/mol. The zero-order valence-electron chi connectivity index (χ0n) is 15.9. The molecule has 0 aliphatic rings. The van der Waals surface area contributed by atoms with Crippen LogP contribution >= 0.6 is 0 Å². The SMILES string of the molecule is CCCCCCCCCc1cccc(C(C)(C)c2ccccc2)c1. The minimum Gasteiger partial charge on any atom is -0.0654 e. The molecule has 0 radical (unpaired) electrons. The lowest BCUT2D eigenvalue weighted by atomic mass is 9.77. The van der Waals surface area contributed by atoms with Crippen LogP contribution in [0.5, 0.6) is 0 Å². The van der Waals surface area contributed by atoms with Gasteiger partial charge < -0.3 is 0 Å². The van der Waals surface area contributed by atoms with Gasteiger partial charge in [-0.15, -0.1) is 0 Å². The lowest BCUT2D eigenvalue weighted by Gasteiger charge is -2.26. The number of unbranched alkanes of at least 4 members (excludes halogenated alkanes) is 6. The average Bonchev–Trinajstić information content (AvgIpc) is 2.62. The van der Waals surface area contributed by atoms with Gasteiger partial charge in [0.15, 0.2) is 0 Å². The first kappa shape index (κ1) is 18.8. The van der Waals surface area contributed by atoms with E-state index in [2.05, 4.69) is 75.4 Å². The number of hydrogen-bond acceptors (Lipinski definition) is 0. The zero-order valence-corrected chi connectivity index (χ0v) is 15.9. The van der Waals surface area contributed by atoms with E-state index in [-0.39, 0.29) is 5.41 Å². The highest BCUT2D eigenvalue weighted by molar-refractivity contribution is 5.39. The molecule has 0 saturated heterocycles. The summed E-state index contributed by atoms with van der Waals surface area (Å²) in [5.74, 6) is 0. The molecule has 0 aliphatic carbocycles. The normalized spacial score (nSPS) is 11.6. The molecule has 0 bridgehead atoms. The van der Waals surface area contributed by atoms with Gasteiger partial charge in [0.2, 0.25) is 0 Å². The highest BCUT2D eigenvalue weighted by Gasteiger charge is 2.22. The summed E-state index contributed by atoms with van der Waals surface area (Å²) in [7, 11) is 0. The molecule has 2 aromatic carbocycles. The first-order valence-corrected chi connectivity index (χ1v) is 9.79. The van der Waals surface area contributed by atoms with Crippen molar-refractivity contribution in [3.05, 3.63) is 71.3 Å². The van der Waals surface area contributed by atoms with Crippen molar-refractivity contribution in [3.63, 3.8) is 0 Å². The fourth-order valence-electron chi connectivity index (χ4n) is 3.42. The van der Waals surface area contributed by atoms with Gasteiger partial charge in [0.25, 0.3) is 0 Å². The summed E-state index contributed by atoms with van der Waals surface area (Å²) in [6.07, 6.45) is 10.9. The smallest absolute Gasteiger partial charge is 0.0146 e. The van der Waals surface area contributed by atoms with Crippen LogP contribution in [0, 0.1) is 0 Å². The minimum absolute atomic E-state index is 0.0669. The van der Waals surface area contributed by atoms with E-state index in [4.69, 9.17) is 0 Å². The van der Waals surface area contributed by atoms with Crippen LogP contribution in [0.3, 0.4) is 0 Å². The molecule has 0 heteroatoms. The Morgan fingerprint density at radius 2 is 1.29 bits per heavy atom. The van der Waals surface area contributed by atoms with Gasteiger partial charge in [-0.1, -0.05) is 114 Å². The summed E-state index contributed by atoms with van der Waals surface area (Å²) >= 11 is 0. The highest BCUT2D eigenvalue weighted by atomic mass is 14.3. The van der Waals surface area contributed by atoms with Gasteiger partial charge in [-0.25, -0.2) is 0 Å². The molecular formula is C24H34. The Kier molecular flexibility index (Phi) is 7.56. The summed E-state index contributed by atoms with van der Waals surface area (Å²) in [4.78, 5) is 0. The van der Waals surface area contributed by atoms with Gasteiger partial charge in [-0.05, 0) is 29.5 Å². The standard InChI is InChI=1S/C24H34/c1-4-5-6-7-8-9-11-15-21-16-14-19-23(20-21)24(2,3)22-17-12-10-13-18-22/h10,12-14,16-20H,4-9,11,15H2,1-3H3. The average molecular weight is 323 g/mol. The number of aryl methyl sites for hydroxylation is 1. The molecule has 24 heavy (non-hydrogen) atoms. The molecule has 0 aromatic heterocycles. The van der Waals surface area contributed by atoms with Crippen molar-refractivity contribution in [2.24, 2.45) is 0 Å². The third-order valence-electron chi connectivity index (χ3n) is 5.21. The quantitative estimate of drug-likeness (QED) is 0.402. The van der Waals surface area contributed by atoms with Gasteiger partial charge in [-0.2, -0.15) is 0 Å². The topological polar surface area (TPSA) is 0 Å². The molecule has 0 unspecified atom stereocenters. The summed E-state index contributed by atoms with van der Waals surface area (Å²) in [5, 5.41) is 0. The number of benzene rings is 2. The zero-order chi connectivity index (χ0) is 17.3. The van der Waals surface area contributed by atoms with E-state index in [0.717, 1.165) is 0 Å². The molecule has 0 saturated carbocycles. The predicted octanol–water partition coefficient (Wildman–Crippen LogP) is 7.31. The second kappa shape index (κ2) is 9.67.